The number of amides is 2. The second kappa shape index (κ2) is 6.33. The van der Waals surface area contributed by atoms with Crippen LogP contribution in [0.25, 0.3) is 0 Å². The van der Waals surface area contributed by atoms with Gasteiger partial charge in [-0.3, -0.25) is 0 Å². The molecule has 1 aromatic carbocycles. The van der Waals surface area contributed by atoms with E-state index in [4.69, 9.17) is 5.11 Å². The molecule has 0 bridgehead atoms. The molecule has 0 saturated carbocycles. The Hall–Kier alpha value is -2.89. The predicted molar refractivity (Wildman–Crippen MR) is 73.5 cm³/mol. The number of aromatic carboxylic acids is 1. The van der Waals surface area contributed by atoms with E-state index in [0.29, 0.717) is 5.69 Å². The molecule has 6 nitrogen and oxygen atoms in total. The van der Waals surface area contributed by atoms with Crippen molar-refractivity contribution in [2.75, 3.05) is 5.32 Å². The Morgan fingerprint density at radius 2 is 1.85 bits per heavy atom. The van der Waals surface area contributed by atoms with Gasteiger partial charge < -0.3 is 15.7 Å². The number of para-hydroxylation sites is 1. The van der Waals surface area contributed by atoms with E-state index in [0.717, 1.165) is 5.56 Å². The van der Waals surface area contributed by atoms with Gasteiger partial charge in [-0.15, -0.1) is 0 Å². The van der Waals surface area contributed by atoms with Gasteiger partial charge in [0.05, 0.1) is 0 Å². The van der Waals surface area contributed by atoms with Crippen molar-refractivity contribution >= 4 is 17.7 Å². The third-order valence-corrected chi connectivity index (χ3v) is 2.53. The van der Waals surface area contributed by atoms with Crippen LogP contribution in [0.1, 0.15) is 16.1 Å². The molecule has 0 aliphatic heterocycles. The smallest absolute Gasteiger partial charge is 0.354 e. The van der Waals surface area contributed by atoms with E-state index in [9.17, 15) is 9.59 Å². The van der Waals surface area contributed by atoms with Gasteiger partial charge in [-0.2, -0.15) is 0 Å². The summed E-state index contributed by atoms with van der Waals surface area (Å²) in [4.78, 5) is 26.0. The average molecular weight is 271 g/mol. The maximum Gasteiger partial charge on any atom is 0.354 e. The fraction of sp³-hybridized carbons (Fsp3) is 0.0714. The minimum absolute atomic E-state index is 0.0255. The van der Waals surface area contributed by atoms with Crippen LogP contribution in [0.5, 0.6) is 0 Å². The normalized spacial score (nSPS) is 9.80. The van der Waals surface area contributed by atoms with E-state index >= 15 is 0 Å². The van der Waals surface area contributed by atoms with Crippen LogP contribution in [-0.2, 0) is 6.54 Å². The first-order valence-corrected chi connectivity index (χ1v) is 5.93. The molecule has 0 aliphatic carbocycles. The van der Waals surface area contributed by atoms with Gasteiger partial charge in [-0.05, 0) is 23.8 Å². The largest absolute Gasteiger partial charge is 0.477 e. The summed E-state index contributed by atoms with van der Waals surface area (Å²) in [5.41, 5.74) is 1.39. The van der Waals surface area contributed by atoms with Crippen molar-refractivity contribution < 1.29 is 14.7 Å². The molecule has 0 aliphatic rings. The summed E-state index contributed by atoms with van der Waals surface area (Å²) < 4.78 is 0. The van der Waals surface area contributed by atoms with E-state index in [1.165, 1.54) is 12.3 Å². The Morgan fingerprint density at radius 1 is 1.10 bits per heavy atom. The molecule has 3 N–H and O–H groups in total. The molecule has 20 heavy (non-hydrogen) atoms. The molecule has 6 heteroatoms. The molecule has 1 heterocycles. The van der Waals surface area contributed by atoms with Gasteiger partial charge in [-0.25, -0.2) is 14.6 Å². The molecule has 0 unspecified atom stereocenters. The lowest BCUT2D eigenvalue weighted by Gasteiger charge is -2.07. The topological polar surface area (TPSA) is 91.3 Å². The summed E-state index contributed by atoms with van der Waals surface area (Å²) in [7, 11) is 0. The number of nitrogens with one attached hydrogen (secondary N) is 2. The third-order valence-electron chi connectivity index (χ3n) is 2.53. The molecular formula is C14H13N3O3. The number of aromatic nitrogens is 1. The number of hydrogen-bond acceptors (Lipinski definition) is 3. The summed E-state index contributed by atoms with van der Waals surface area (Å²) in [6.07, 6.45) is 1.42. The van der Waals surface area contributed by atoms with E-state index in [1.54, 1.807) is 18.2 Å². The summed E-state index contributed by atoms with van der Waals surface area (Å²) in [5, 5.41) is 14.1. The maximum absolute atomic E-state index is 11.6. The van der Waals surface area contributed by atoms with E-state index in [1.807, 2.05) is 18.2 Å². The van der Waals surface area contributed by atoms with Crippen LogP contribution in [0.3, 0.4) is 0 Å². The Labute approximate surface area is 115 Å². The van der Waals surface area contributed by atoms with Gasteiger partial charge in [0.2, 0.25) is 0 Å². The van der Waals surface area contributed by atoms with Gasteiger partial charge in [0, 0.05) is 18.4 Å². The van der Waals surface area contributed by atoms with Crippen molar-refractivity contribution in [3.05, 3.63) is 59.9 Å². The number of hydrogen-bond donors (Lipinski definition) is 3. The van der Waals surface area contributed by atoms with Gasteiger partial charge >= 0.3 is 12.0 Å². The van der Waals surface area contributed by atoms with E-state index < -0.39 is 5.97 Å². The molecule has 0 fully saturated rings. The standard InChI is InChI=1S/C14H13N3O3/c18-13(19)12-7-6-10(8-15-12)9-16-14(20)17-11-4-2-1-3-5-11/h1-8H,9H2,(H,18,19)(H2,16,17,20). The zero-order valence-corrected chi connectivity index (χ0v) is 10.5. The van der Waals surface area contributed by atoms with Gasteiger partial charge in [0.25, 0.3) is 0 Å². The van der Waals surface area contributed by atoms with Crippen molar-refractivity contribution in [1.29, 1.82) is 0 Å². The number of rotatable bonds is 4. The molecule has 1 aromatic heterocycles. The predicted octanol–water partition coefficient (Wildman–Crippen LogP) is 2.10. The summed E-state index contributed by atoms with van der Waals surface area (Å²) in [6, 6.07) is 11.7. The number of anilines is 1. The van der Waals surface area contributed by atoms with Crippen LogP contribution in [0.4, 0.5) is 10.5 Å². The Kier molecular flexibility index (Phi) is 4.28. The number of carboxylic acids is 1. The van der Waals surface area contributed by atoms with Crippen LogP contribution in [0, 0.1) is 0 Å². The fourth-order valence-electron chi connectivity index (χ4n) is 1.53. The zero-order valence-electron chi connectivity index (χ0n) is 10.5. The summed E-state index contributed by atoms with van der Waals surface area (Å²) in [6.45, 7) is 0.269. The van der Waals surface area contributed by atoms with Crippen molar-refractivity contribution in [2.24, 2.45) is 0 Å². The quantitative estimate of drug-likeness (QED) is 0.794. The van der Waals surface area contributed by atoms with Gasteiger partial charge in [0.15, 0.2) is 0 Å². The zero-order chi connectivity index (χ0) is 14.4. The lowest BCUT2D eigenvalue weighted by molar-refractivity contribution is 0.0690. The minimum Gasteiger partial charge on any atom is -0.477 e. The molecule has 0 radical (unpaired) electrons. The molecule has 2 rings (SSSR count). The van der Waals surface area contributed by atoms with Crippen LogP contribution in [0.15, 0.2) is 48.7 Å². The monoisotopic (exact) mass is 271 g/mol. The molecule has 2 aromatic rings. The Morgan fingerprint density at radius 3 is 2.45 bits per heavy atom. The highest BCUT2D eigenvalue weighted by molar-refractivity contribution is 5.89. The molecule has 0 saturated heterocycles. The van der Waals surface area contributed by atoms with Gasteiger partial charge in [0.1, 0.15) is 5.69 Å². The second-order valence-corrected chi connectivity index (χ2v) is 4.03. The van der Waals surface area contributed by atoms with Crippen LogP contribution < -0.4 is 10.6 Å². The third kappa shape index (κ3) is 3.81. The van der Waals surface area contributed by atoms with Crippen molar-refractivity contribution in [2.45, 2.75) is 6.54 Å². The maximum atomic E-state index is 11.6. The van der Waals surface area contributed by atoms with Crippen molar-refractivity contribution in [3.8, 4) is 0 Å². The van der Waals surface area contributed by atoms with Crippen LogP contribution >= 0.6 is 0 Å². The van der Waals surface area contributed by atoms with Crippen LogP contribution in [0.2, 0.25) is 0 Å². The number of benzene rings is 1. The molecule has 2 amide bonds. The van der Waals surface area contributed by atoms with E-state index in [-0.39, 0.29) is 18.3 Å². The molecular weight excluding hydrogens is 258 g/mol. The number of carboxylic acid groups (broad SMARTS) is 1. The lowest BCUT2D eigenvalue weighted by Crippen LogP contribution is -2.28. The number of nitrogens with zero attached hydrogens (tertiary/aromatic N) is 1. The molecule has 0 atom stereocenters. The highest BCUT2D eigenvalue weighted by atomic mass is 16.4. The molecule has 0 spiro atoms. The lowest BCUT2D eigenvalue weighted by atomic mass is 10.2. The number of pyridine rings is 1. The molecule has 102 valence electrons. The number of carbonyl (C=O) groups is 2. The van der Waals surface area contributed by atoms with Crippen LogP contribution in [-0.4, -0.2) is 22.1 Å². The summed E-state index contributed by atoms with van der Waals surface area (Å²) >= 11 is 0. The highest BCUT2D eigenvalue weighted by Crippen LogP contribution is 2.05. The minimum atomic E-state index is -1.08. The fourth-order valence-corrected chi connectivity index (χ4v) is 1.53. The van der Waals surface area contributed by atoms with E-state index in [2.05, 4.69) is 15.6 Å². The highest BCUT2D eigenvalue weighted by Gasteiger charge is 2.05. The second-order valence-electron chi connectivity index (χ2n) is 4.03. The summed E-state index contributed by atoms with van der Waals surface area (Å²) in [5.74, 6) is -1.08. The SMILES string of the molecule is O=C(NCc1ccc(C(=O)O)nc1)Nc1ccccc1. The number of urea groups is 1. The average Bonchev–Trinajstić information content (AvgIpc) is 2.46. The first-order valence-electron chi connectivity index (χ1n) is 5.93. The van der Waals surface area contributed by atoms with Gasteiger partial charge in [-0.1, -0.05) is 24.3 Å². The number of carbonyl (C=O) groups excluding carboxylic acids is 1. The first kappa shape index (κ1) is 13.5. The Bertz CT molecular complexity index is 597. The Balaban J connectivity index is 1.85. The van der Waals surface area contributed by atoms with Crippen molar-refractivity contribution in [3.63, 3.8) is 0 Å². The van der Waals surface area contributed by atoms with Crippen molar-refractivity contribution in [1.82, 2.24) is 10.3 Å². The first-order chi connectivity index (χ1) is 9.65.